The highest BCUT2D eigenvalue weighted by Crippen LogP contribution is 2.27. The van der Waals surface area contributed by atoms with Crippen molar-refractivity contribution in [3.63, 3.8) is 0 Å². The molecule has 0 aliphatic heterocycles. The molecule has 0 saturated heterocycles. The summed E-state index contributed by atoms with van der Waals surface area (Å²) in [5.74, 6) is 0.262. The zero-order chi connectivity index (χ0) is 23.5. The van der Waals surface area contributed by atoms with E-state index in [2.05, 4.69) is 26.6 Å². The molecule has 0 aliphatic carbocycles. The lowest BCUT2D eigenvalue weighted by molar-refractivity contribution is 0.0977. The average Bonchev–Trinajstić information content (AvgIpc) is 2.80. The molecule has 0 saturated carbocycles. The number of hydrogen-bond acceptors (Lipinski definition) is 5. The molecule has 3 aromatic carbocycles. The Morgan fingerprint density at radius 1 is 1.06 bits per heavy atom. The standard InChI is InChI=1S/C25H19BrN2O4S/c1-14-7-8-15(18-11-16-5-3-4-6-21(16)32-24(18)30)13-20(14)27-25(33)28-23(29)17-9-10-22(31-2)19(26)12-17/h3-13H,1-2H3,(H2,27,28,29,33). The topological polar surface area (TPSA) is 80.6 Å². The van der Waals surface area contributed by atoms with Crippen molar-refractivity contribution < 1.29 is 13.9 Å². The number of carbonyl (C=O) groups is 1. The summed E-state index contributed by atoms with van der Waals surface area (Å²) in [6, 6.07) is 19.7. The number of para-hydroxylation sites is 1. The molecule has 4 aromatic rings. The summed E-state index contributed by atoms with van der Waals surface area (Å²) in [5, 5.41) is 6.68. The third-order valence-corrected chi connectivity index (χ3v) is 5.90. The van der Waals surface area contributed by atoms with Crippen LogP contribution in [0.5, 0.6) is 5.75 Å². The molecule has 8 heteroatoms. The van der Waals surface area contributed by atoms with Gasteiger partial charge in [-0.15, -0.1) is 0 Å². The molecule has 6 nitrogen and oxygen atoms in total. The molecule has 0 spiro atoms. The summed E-state index contributed by atoms with van der Waals surface area (Å²) in [5.41, 5.74) is 3.21. The van der Waals surface area contributed by atoms with Crippen LogP contribution in [0.25, 0.3) is 22.1 Å². The second-order valence-electron chi connectivity index (χ2n) is 7.27. The van der Waals surface area contributed by atoms with E-state index < -0.39 is 5.63 Å². The Morgan fingerprint density at radius 2 is 1.85 bits per heavy atom. The van der Waals surface area contributed by atoms with Crippen LogP contribution in [-0.4, -0.2) is 18.1 Å². The van der Waals surface area contributed by atoms with Crippen molar-refractivity contribution in [3.8, 4) is 16.9 Å². The number of nitrogens with one attached hydrogen (secondary N) is 2. The number of thiocarbonyl (C=S) groups is 1. The number of carbonyl (C=O) groups excluding carboxylic acids is 1. The third-order valence-electron chi connectivity index (χ3n) is 5.08. The first kappa shape index (κ1) is 22.7. The highest BCUT2D eigenvalue weighted by Gasteiger charge is 2.13. The van der Waals surface area contributed by atoms with Gasteiger partial charge in [0.2, 0.25) is 0 Å². The lowest BCUT2D eigenvalue weighted by atomic mass is 10.0. The van der Waals surface area contributed by atoms with Gasteiger partial charge >= 0.3 is 5.63 Å². The monoisotopic (exact) mass is 522 g/mol. The van der Waals surface area contributed by atoms with E-state index in [1.165, 1.54) is 0 Å². The zero-order valence-electron chi connectivity index (χ0n) is 17.8. The van der Waals surface area contributed by atoms with E-state index in [-0.39, 0.29) is 11.0 Å². The van der Waals surface area contributed by atoms with E-state index in [1.807, 2.05) is 37.3 Å². The van der Waals surface area contributed by atoms with Crippen molar-refractivity contribution in [1.82, 2.24) is 5.32 Å². The summed E-state index contributed by atoms with van der Waals surface area (Å²) in [6.45, 7) is 1.90. The Morgan fingerprint density at radius 3 is 2.61 bits per heavy atom. The molecule has 2 N–H and O–H groups in total. The Bertz CT molecular complexity index is 1450. The molecule has 0 aliphatic rings. The van der Waals surface area contributed by atoms with Gasteiger partial charge in [-0.1, -0.05) is 30.3 Å². The third kappa shape index (κ3) is 4.97. The quantitative estimate of drug-likeness (QED) is 0.265. The predicted molar refractivity (Wildman–Crippen MR) is 137 cm³/mol. The van der Waals surface area contributed by atoms with Crippen molar-refractivity contribution in [2.75, 3.05) is 12.4 Å². The van der Waals surface area contributed by atoms with Crippen LogP contribution in [0.4, 0.5) is 5.69 Å². The highest BCUT2D eigenvalue weighted by molar-refractivity contribution is 9.10. The van der Waals surface area contributed by atoms with Crippen LogP contribution in [0.1, 0.15) is 15.9 Å². The molecule has 0 atom stereocenters. The van der Waals surface area contributed by atoms with Crippen LogP contribution in [0.2, 0.25) is 0 Å². The molecule has 0 bridgehead atoms. The molecular weight excluding hydrogens is 504 g/mol. The molecule has 33 heavy (non-hydrogen) atoms. The fourth-order valence-corrected chi connectivity index (χ4v) is 4.07. The number of halogens is 1. The first-order chi connectivity index (χ1) is 15.9. The largest absolute Gasteiger partial charge is 0.496 e. The first-order valence-corrected chi connectivity index (χ1v) is 11.2. The molecule has 1 aromatic heterocycles. The number of amides is 1. The second kappa shape index (κ2) is 9.56. The van der Waals surface area contributed by atoms with Gasteiger partial charge in [0.25, 0.3) is 5.91 Å². The SMILES string of the molecule is COc1ccc(C(=O)NC(=S)Nc2cc(-c3cc4ccccc4oc3=O)ccc2C)cc1Br. The summed E-state index contributed by atoms with van der Waals surface area (Å²) in [4.78, 5) is 25.1. The normalized spacial score (nSPS) is 10.6. The Labute approximate surface area is 203 Å². The van der Waals surface area contributed by atoms with Crippen molar-refractivity contribution in [2.45, 2.75) is 6.92 Å². The lowest BCUT2D eigenvalue weighted by Crippen LogP contribution is -2.34. The molecule has 166 valence electrons. The Balaban J connectivity index is 1.55. The van der Waals surface area contributed by atoms with Crippen molar-refractivity contribution >= 4 is 55.8 Å². The highest BCUT2D eigenvalue weighted by atomic mass is 79.9. The number of benzene rings is 3. The number of fused-ring (bicyclic) bond motifs is 1. The minimum absolute atomic E-state index is 0.137. The molecule has 0 fully saturated rings. The lowest BCUT2D eigenvalue weighted by Gasteiger charge is -2.14. The van der Waals surface area contributed by atoms with E-state index in [9.17, 15) is 9.59 Å². The van der Waals surface area contributed by atoms with Gasteiger partial charge in [-0.25, -0.2) is 4.79 Å². The van der Waals surface area contributed by atoms with Gasteiger partial charge in [0.05, 0.1) is 17.1 Å². The Kier molecular flexibility index (Phi) is 6.57. The van der Waals surface area contributed by atoms with Gasteiger partial charge in [-0.3, -0.25) is 10.1 Å². The van der Waals surface area contributed by atoms with Gasteiger partial charge in [0.15, 0.2) is 5.11 Å². The number of rotatable bonds is 4. The van der Waals surface area contributed by atoms with E-state index in [1.54, 1.807) is 43.5 Å². The summed E-state index contributed by atoms with van der Waals surface area (Å²) in [7, 11) is 1.55. The Hall–Kier alpha value is -3.49. The van der Waals surface area contributed by atoms with E-state index >= 15 is 0 Å². The number of anilines is 1. The molecule has 0 radical (unpaired) electrons. The molecule has 0 unspecified atom stereocenters. The maximum absolute atomic E-state index is 12.6. The van der Waals surface area contributed by atoms with Crippen molar-refractivity contribution in [3.05, 3.63) is 92.7 Å². The van der Waals surface area contributed by atoms with Gasteiger partial charge in [0.1, 0.15) is 11.3 Å². The van der Waals surface area contributed by atoms with Crippen molar-refractivity contribution in [1.29, 1.82) is 0 Å². The molecular formula is C25H19BrN2O4S. The maximum Gasteiger partial charge on any atom is 0.344 e. The van der Waals surface area contributed by atoms with Gasteiger partial charge < -0.3 is 14.5 Å². The van der Waals surface area contributed by atoms with Crippen LogP contribution >= 0.6 is 28.1 Å². The summed E-state index contributed by atoms with van der Waals surface area (Å²) >= 11 is 8.71. The number of aryl methyl sites for hydroxylation is 1. The number of methoxy groups -OCH3 is 1. The smallest absolute Gasteiger partial charge is 0.344 e. The van der Waals surface area contributed by atoms with Crippen molar-refractivity contribution in [2.24, 2.45) is 0 Å². The fraction of sp³-hybridized carbons (Fsp3) is 0.0800. The minimum atomic E-state index is -0.426. The van der Waals surface area contributed by atoms with Crippen LogP contribution in [0.3, 0.4) is 0 Å². The van der Waals surface area contributed by atoms with Gasteiger partial charge in [-0.05, 0) is 82.6 Å². The van der Waals surface area contributed by atoms with Crippen LogP contribution in [0, 0.1) is 6.92 Å². The van der Waals surface area contributed by atoms with E-state index in [0.29, 0.717) is 38.2 Å². The number of ether oxygens (including phenoxy) is 1. The average molecular weight is 523 g/mol. The molecule has 1 heterocycles. The maximum atomic E-state index is 12.6. The van der Waals surface area contributed by atoms with E-state index in [4.69, 9.17) is 21.4 Å². The molecule has 4 rings (SSSR count). The second-order valence-corrected chi connectivity index (χ2v) is 8.54. The fourth-order valence-electron chi connectivity index (χ4n) is 3.32. The predicted octanol–water partition coefficient (Wildman–Crippen LogP) is 5.67. The first-order valence-electron chi connectivity index (χ1n) is 9.95. The molecule has 1 amide bonds. The summed E-state index contributed by atoms with van der Waals surface area (Å²) in [6.07, 6.45) is 0. The van der Waals surface area contributed by atoms with Gasteiger partial charge in [-0.2, -0.15) is 0 Å². The zero-order valence-corrected chi connectivity index (χ0v) is 20.2. The van der Waals surface area contributed by atoms with E-state index in [0.717, 1.165) is 10.9 Å². The number of hydrogen-bond donors (Lipinski definition) is 2. The van der Waals surface area contributed by atoms with Crippen LogP contribution in [0.15, 0.2) is 80.4 Å². The van der Waals surface area contributed by atoms with Crippen LogP contribution < -0.4 is 21.0 Å². The summed E-state index contributed by atoms with van der Waals surface area (Å²) < 4.78 is 11.3. The van der Waals surface area contributed by atoms with Crippen LogP contribution in [-0.2, 0) is 0 Å². The van der Waals surface area contributed by atoms with Gasteiger partial charge in [0, 0.05) is 16.6 Å². The minimum Gasteiger partial charge on any atom is -0.496 e.